The standard InChI is InChI=1S/C19H23N3O2/c1-14-4-2-8-22(18(14)23)12-19(11-20-13-21-19)16-6-7-17-15(10-16)5-3-9-24-17/h2,4,6-8,10,20-21H,3,5,9,11-13H2,1H3. The lowest BCUT2D eigenvalue weighted by atomic mass is 9.88. The van der Waals surface area contributed by atoms with Crippen LogP contribution in [0.2, 0.25) is 0 Å². The number of aromatic nitrogens is 1. The Labute approximate surface area is 141 Å². The Hall–Kier alpha value is -2.11. The second-order valence-electron chi connectivity index (χ2n) is 6.76. The summed E-state index contributed by atoms with van der Waals surface area (Å²) in [7, 11) is 0. The van der Waals surface area contributed by atoms with Gasteiger partial charge in [-0.15, -0.1) is 0 Å². The fourth-order valence-corrected chi connectivity index (χ4v) is 3.71. The molecule has 1 unspecified atom stereocenters. The van der Waals surface area contributed by atoms with Crippen LogP contribution in [0.3, 0.4) is 0 Å². The minimum Gasteiger partial charge on any atom is -0.493 e. The molecule has 24 heavy (non-hydrogen) atoms. The number of nitrogens with zero attached hydrogens (tertiary/aromatic N) is 1. The zero-order valence-corrected chi connectivity index (χ0v) is 14.0. The van der Waals surface area contributed by atoms with Crippen molar-refractivity contribution in [3.63, 3.8) is 0 Å². The molecule has 1 fully saturated rings. The van der Waals surface area contributed by atoms with Gasteiger partial charge in [-0.2, -0.15) is 0 Å². The molecule has 5 nitrogen and oxygen atoms in total. The van der Waals surface area contributed by atoms with Crippen molar-refractivity contribution in [2.75, 3.05) is 19.8 Å². The molecule has 0 saturated carbocycles. The Morgan fingerprint density at radius 1 is 1.33 bits per heavy atom. The van der Waals surface area contributed by atoms with Crippen molar-refractivity contribution in [1.82, 2.24) is 15.2 Å². The molecule has 4 rings (SSSR count). The molecule has 1 saturated heterocycles. The summed E-state index contributed by atoms with van der Waals surface area (Å²) < 4.78 is 7.55. The molecular weight excluding hydrogens is 302 g/mol. The van der Waals surface area contributed by atoms with Crippen LogP contribution in [0.25, 0.3) is 0 Å². The largest absolute Gasteiger partial charge is 0.493 e. The van der Waals surface area contributed by atoms with E-state index in [-0.39, 0.29) is 11.1 Å². The third-order valence-electron chi connectivity index (χ3n) is 5.09. The summed E-state index contributed by atoms with van der Waals surface area (Å²) in [5, 5.41) is 6.97. The molecule has 0 radical (unpaired) electrons. The molecule has 3 heterocycles. The van der Waals surface area contributed by atoms with Gasteiger partial charge < -0.3 is 14.6 Å². The Morgan fingerprint density at radius 2 is 2.25 bits per heavy atom. The number of aryl methyl sites for hydroxylation is 2. The van der Waals surface area contributed by atoms with E-state index in [1.807, 2.05) is 29.8 Å². The van der Waals surface area contributed by atoms with Crippen LogP contribution in [0.1, 0.15) is 23.1 Å². The van der Waals surface area contributed by atoms with Crippen LogP contribution in [0.5, 0.6) is 5.75 Å². The van der Waals surface area contributed by atoms with Crippen LogP contribution in [-0.2, 0) is 18.5 Å². The zero-order valence-electron chi connectivity index (χ0n) is 14.0. The van der Waals surface area contributed by atoms with Crippen LogP contribution in [0.4, 0.5) is 0 Å². The highest BCUT2D eigenvalue weighted by atomic mass is 16.5. The molecule has 0 bridgehead atoms. The Balaban J connectivity index is 1.73. The Bertz CT molecular complexity index is 806. The summed E-state index contributed by atoms with van der Waals surface area (Å²) >= 11 is 0. The van der Waals surface area contributed by atoms with Crippen LogP contribution in [0.15, 0.2) is 41.3 Å². The second-order valence-corrected chi connectivity index (χ2v) is 6.76. The predicted octanol–water partition coefficient (Wildman–Crippen LogP) is 1.53. The highest BCUT2D eigenvalue weighted by Gasteiger charge is 2.36. The van der Waals surface area contributed by atoms with Crippen molar-refractivity contribution in [1.29, 1.82) is 0 Å². The van der Waals surface area contributed by atoms with Gasteiger partial charge in [-0.3, -0.25) is 10.1 Å². The van der Waals surface area contributed by atoms with E-state index in [4.69, 9.17) is 4.74 Å². The van der Waals surface area contributed by atoms with E-state index in [9.17, 15) is 4.79 Å². The first-order valence-electron chi connectivity index (χ1n) is 8.56. The number of fused-ring (bicyclic) bond motifs is 1. The summed E-state index contributed by atoms with van der Waals surface area (Å²) in [6, 6.07) is 10.3. The predicted molar refractivity (Wildman–Crippen MR) is 93.4 cm³/mol. The summed E-state index contributed by atoms with van der Waals surface area (Å²) in [6.45, 7) is 4.82. The zero-order chi connectivity index (χ0) is 16.6. The number of rotatable bonds is 3. The van der Waals surface area contributed by atoms with Gasteiger partial charge in [-0.1, -0.05) is 18.2 Å². The van der Waals surface area contributed by atoms with Crippen molar-refractivity contribution in [2.24, 2.45) is 0 Å². The van der Waals surface area contributed by atoms with Gasteiger partial charge >= 0.3 is 0 Å². The molecule has 2 N–H and O–H groups in total. The maximum Gasteiger partial charge on any atom is 0.253 e. The van der Waals surface area contributed by atoms with E-state index >= 15 is 0 Å². The SMILES string of the molecule is Cc1cccn(CC2(c3ccc4c(c3)CCCO4)CNCN2)c1=O. The normalized spacial score (nSPS) is 22.9. The summed E-state index contributed by atoms with van der Waals surface area (Å²) in [5.74, 6) is 0.999. The maximum absolute atomic E-state index is 12.5. The monoisotopic (exact) mass is 325 g/mol. The first-order valence-corrected chi connectivity index (χ1v) is 8.56. The first-order chi connectivity index (χ1) is 11.7. The van der Waals surface area contributed by atoms with Crippen LogP contribution < -0.4 is 20.9 Å². The topological polar surface area (TPSA) is 55.3 Å². The van der Waals surface area contributed by atoms with Crippen molar-refractivity contribution < 1.29 is 4.74 Å². The third kappa shape index (κ3) is 2.64. The Morgan fingerprint density at radius 3 is 3.08 bits per heavy atom. The molecular formula is C19H23N3O2. The number of benzene rings is 1. The van der Waals surface area contributed by atoms with E-state index < -0.39 is 0 Å². The fraction of sp³-hybridized carbons (Fsp3) is 0.421. The molecule has 5 heteroatoms. The quantitative estimate of drug-likeness (QED) is 0.899. The van der Waals surface area contributed by atoms with Gasteiger partial charge in [0.05, 0.1) is 12.1 Å². The highest BCUT2D eigenvalue weighted by Crippen LogP contribution is 2.32. The smallest absolute Gasteiger partial charge is 0.253 e. The minimum atomic E-state index is -0.274. The fourth-order valence-electron chi connectivity index (χ4n) is 3.71. The number of hydrogen-bond donors (Lipinski definition) is 2. The number of hydrogen-bond acceptors (Lipinski definition) is 4. The van der Waals surface area contributed by atoms with Crippen molar-refractivity contribution in [3.05, 3.63) is 63.6 Å². The minimum absolute atomic E-state index is 0.0758. The molecule has 0 amide bonds. The van der Waals surface area contributed by atoms with Gasteiger partial charge in [0.1, 0.15) is 5.75 Å². The Kier molecular flexibility index (Phi) is 3.90. The van der Waals surface area contributed by atoms with E-state index in [0.717, 1.165) is 44.0 Å². The van der Waals surface area contributed by atoms with Gasteiger partial charge in [-0.05, 0) is 43.0 Å². The number of pyridine rings is 1. The van der Waals surface area contributed by atoms with E-state index in [1.165, 1.54) is 11.1 Å². The van der Waals surface area contributed by atoms with Gasteiger partial charge in [0.15, 0.2) is 0 Å². The van der Waals surface area contributed by atoms with E-state index in [0.29, 0.717) is 6.54 Å². The average molecular weight is 325 g/mol. The van der Waals surface area contributed by atoms with Gasteiger partial charge in [-0.25, -0.2) is 0 Å². The average Bonchev–Trinajstić information content (AvgIpc) is 3.08. The van der Waals surface area contributed by atoms with Gasteiger partial charge in [0, 0.05) is 31.5 Å². The number of ether oxygens (including phenoxy) is 1. The summed E-state index contributed by atoms with van der Waals surface area (Å²) in [5.41, 5.74) is 3.06. The van der Waals surface area contributed by atoms with Crippen LogP contribution >= 0.6 is 0 Å². The summed E-state index contributed by atoms with van der Waals surface area (Å²) in [4.78, 5) is 12.5. The lowest BCUT2D eigenvalue weighted by molar-refractivity contribution is 0.286. The number of nitrogens with one attached hydrogen (secondary N) is 2. The molecule has 0 spiro atoms. The molecule has 1 aromatic heterocycles. The first kappa shape index (κ1) is 15.4. The maximum atomic E-state index is 12.5. The molecule has 2 aliphatic heterocycles. The van der Waals surface area contributed by atoms with E-state index in [1.54, 1.807) is 0 Å². The van der Waals surface area contributed by atoms with Crippen molar-refractivity contribution in [3.8, 4) is 5.75 Å². The molecule has 1 atom stereocenters. The van der Waals surface area contributed by atoms with Crippen molar-refractivity contribution in [2.45, 2.75) is 31.8 Å². The molecule has 1 aromatic carbocycles. The summed E-state index contributed by atoms with van der Waals surface area (Å²) in [6.07, 6.45) is 3.99. The van der Waals surface area contributed by atoms with E-state index in [2.05, 4.69) is 28.8 Å². The van der Waals surface area contributed by atoms with Gasteiger partial charge in [0.2, 0.25) is 0 Å². The lowest BCUT2D eigenvalue weighted by Crippen LogP contribution is -2.45. The van der Waals surface area contributed by atoms with Gasteiger partial charge in [0.25, 0.3) is 5.56 Å². The molecule has 2 aliphatic rings. The second kappa shape index (κ2) is 6.07. The van der Waals surface area contributed by atoms with Crippen LogP contribution in [0, 0.1) is 6.92 Å². The van der Waals surface area contributed by atoms with Crippen molar-refractivity contribution >= 4 is 0 Å². The highest BCUT2D eigenvalue weighted by molar-refractivity contribution is 5.41. The van der Waals surface area contributed by atoms with Crippen LogP contribution in [-0.4, -0.2) is 24.4 Å². The lowest BCUT2D eigenvalue weighted by Gasteiger charge is -2.31. The molecule has 0 aliphatic carbocycles. The third-order valence-corrected chi connectivity index (χ3v) is 5.09. The molecule has 2 aromatic rings. The molecule has 126 valence electrons.